The quantitative estimate of drug-likeness (QED) is 0.870. The fourth-order valence-corrected chi connectivity index (χ4v) is 2.97. The van der Waals surface area contributed by atoms with E-state index in [2.05, 4.69) is 5.32 Å². The summed E-state index contributed by atoms with van der Waals surface area (Å²) in [7, 11) is -2.07. The molecule has 0 fully saturated rings. The van der Waals surface area contributed by atoms with Crippen molar-refractivity contribution < 1.29 is 17.9 Å². The van der Waals surface area contributed by atoms with Gasteiger partial charge in [-0.15, -0.1) is 0 Å². The number of benzene rings is 2. The summed E-state index contributed by atoms with van der Waals surface area (Å²) >= 11 is 0. The van der Waals surface area contributed by atoms with E-state index < -0.39 is 15.9 Å². The van der Waals surface area contributed by atoms with Gasteiger partial charge >= 0.3 is 0 Å². The van der Waals surface area contributed by atoms with Crippen molar-refractivity contribution in [3.8, 4) is 5.75 Å². The van der Waals surface area contributed by atoms with Gasteiger partial charge in [-0.1, -0.05) is 17.7 Å². The minimum absolute atomic E-state index is 0.307. The van der Waals surface area contributed by atoms with Gasteiger partial charge in [0, 0.05) is 5.69 Å². The Morgan fingerprint density at radius 3 is 2.17 bits per heavy atom. The molecule has 0 heterocycles. The van der Waals surface area contributed by atoms with Gasteiger partial charge in [0.2, 0.25) is 15.9 Å². The molecule has 0 saturated carbocycles. The molecule has 0 atom stereocenters. The molecule has 0 aliphatic rings. The first-order chi connectivity index (χ1) is 11.3. The van der Waals surface area contributed by atoms with E-state index in [1.165, 1.54) is 7.11 Å². The first kappa shape index (κ1) is 17.8. The summed E-state index contributed by atoms with van der Waals surface area (Å²) < 4.78 is 30.2. The molecule has 24 heavy (non-hydrogen) atoms. The Kier molecular flexibility index (Phi) is 5.46. The number of methoxy groups -OCH3 is 1. The van der Waals surface area contributed by atoms with Crippen LogP contribution >= 0.6 is 0 Å². The third kappa shape index (κ3) is 4.73. The molecule has 2 aromatic carbocycles. The van der Waals surface area contributed by atoms with Crippen molar-refractivity contribution in [3.05, 3.63) is 54.1 Å². The number of amides is 1. The molecule has 0 saturated heterocycles. The lowest BCUT2D eigenvalue weighted by Crippen LogP contribution is -2.37. The van der Waals surface area contributed by atoms with Crippen LogP contribution in [-0.4, -0.2) is 34.2 Å². The van der Waals surface area contributed by atoms with E-state index in [1.54, 1.807) is 36.4 Å². The number of ether oxygens (including phenoxy) is 1. The molecule has 0 aliphatic heterocycles. The average Bonchev–Trinajstić information content (AvgIpc) is 2.54. The van der Waals surface area contributed by atoms with Crippen LogP contribution in [0.3, 0.4) is 0 Å². The van der Waals surface area contributed by atoms with Gasteiger partial charge in [0.1, 0.15) is 12.3 Å². The fraction of sp³-hybridized carbons (Fsp3) is 0.235. The second kappa shape index (κ2) is 7.35. The zero-order valence-corrected chi connectivity index (χ0v) is 14.6. The van der Waals surface area contributed by atoms with E-state index in [9.17, 15) is 13.2 Å². The normalized spacial score (nSPS) is 11.0. The molecule has 0 aliphatic carbocycles. The Bertz CT molecular complexity index is 799. The van der Waals surface area contributed by atoms with Crippen molar-refractivity contribution in [2.24, 2.45) is 0 Å². The minimum atomic E-state index is -3.60. The number of sulfonamides is 1. The predicted molar refractivity (Wildman–Crippen MR) is 95.0 cm³/mol. The first-order valence-electron chi connectivity index (χ1n) is 7.28. The zero-order valence-electron chi connectivity index (χ0n) is 13.8. The van der Waals surface area contributed by atoms with Gasteiger partial charge in [0.05, 0.1) is 19.1 Å². The maximum atomic E-state index is 12.2. The van der Waals surface area contributed by atoms with Gasteiger partial charge in [-0.3, -0.25) is 9.10 Å². The molecule has 128 valence electrons. The summed E-state index contributed by atoms with van der Waals surface area (Å²) in [6, 6.07) is 13.8. The Morgan fingerprint density at radius 1 is 1.08 bits per heavy atom. The minimum Gasteiger partial charge on any atom is -0.497 e. The smallest absolute Gasteiger partial charge is 0.245 e. The van der Waals surface area contributed by atoms with E-state index in [0.29, 0.717) is 17.1 Å². The van der Waals surface area contributed by atoms with Gasteiger partial charge in [-0.05, 0) is 43.3 Å². The Morgan fingerprint density at radius 2 is 1.67 bits per heavy atom. The van der Waals surface area contributed by atoms with Crippen molar-refractivity contribution in [3.63, 3.8) is 0 Å². The van der Waals surface area contributed by atoms with Gasteiger partial charge in [-0.25, -0.2) is 8.42 Å². The van der Waals surface area contributed by atoms with Crippen molar-refractivity contribution in [2.45, 2.75) is 6.92 Å². The highest BCUT2D eigenvalue weighted by Crippen LogP contribution is 2.21. The molecule has 0 spiro atoms. The van der Waals surface area contributed by atoms with Crippen molar-refractivity contribution in [1.82, 2.24) is 0 Å². The fourth-order valence-electron chi connectivity index (χ4n) is 2.12. The van der Waals surface area contributed by atoms with Crippen molar-refractivity contribution >= 4 is 27.3 Å². The number of nitrogens with one attached hydrogen (secondary N) is 1. The molecule has 6 nitrogen and oxygen atoms in total. The van der Waals surface area contributed by atoms with Crippen LogP contribution in [0, 0.1) is 6.92 Å². The second-order valence-electron chi connectivity index (χ2n) is 5.38. The largest absolute Gasteiger partial charge is 0.497 e. The van der Waals surface area contributed by atoms with E-state index in [1.807, 2.05) is 19.1 Å². The van der Waals surface area contributed by atoms with Crippen LogP contribution in [0.5, 0.6) is 5.75 Å². The predicted octanol–water partition coefficient (Wildman–Crippen LogP) is 2.41. The van der Waals surface area contributed by atoms with Gasteiger partial charge < -0.3 is 10.1 Å². The van der Waals surface area contributed by atoms with Gasteiger partial charge in [0.25, 0.3) is 0 Å². The Labute approximate surface area is 142 Å². The summed E-state index contributed by atoms with van der Waals surface area (Å²) in [5, 5.41) is 2.69. The first-order valence-corrected chi connectivity index (χ1v) is 9.13. The molecule has 2 aromatic rings. The molecule has 2 rings (SSSR count). The van der Waals surface area contributed by atoms with Crippen LogP contribution in [-0.2, 0) is 14.8 Å². The standard InChI is InChI=1S/C17H20N2O4S/c1-13-4-6-14(7-5-13)18-17(20)12-19(24(3,21)22)15-8-10-16(23-2)11-9-15/h4-11H,12H2,1-3H3,(H,18,20). The number of anilines is 2. The number of carbonyl (C=O) groups is 1. The summed E-state index contributed by atoms with van der Waals surface area (Å²) in [6.07, 6.45) is 1.07. The molecule has 7 heteroatoms. The summed E-state index contributed by atoms with van der Waals surface area (Å²) in [6.45, 7) is 1.64. The lowest BCUT2D eigenvalue weighted by molar-refractivity contribution is -0.114. The summed E-state index contributed by atoms with van der Waals surface area (Å²) in [5.41, 5.74) is 2.09. The van der Waals surface area contributed by atoms with Crippen LogP contribution in [0.2, 0.25) is 0 Å². The average molecular weight is 348 g/mol. The number of carbonyl (C=O) groups excluding carboxylic acids is 1. The molecule has 0 radical (unpaired) electrons. The van der Waals surface area contributed by atoms with Gasteiger partial charge in [-0.2, -0.15) is 0 Å². The Hall–Kier alpha value is -2.54. The molecule has 0 bridgehead atoms. The van der Waals surface area contributed by atoms with E-state index >= 15 is 0 Å². The van der Waals surface area contributed by atoms with Crippen molar-refractivity contribution in [1.29, 1.82) is 0 Å². The lowest BCUT2D eigenvalue weighted by atomic mass is 10.2. The third-order valence-corrected chi connectivity index (χ3v) is 4.52. The second-order valence-corrected chi connectivity index (χ2v) is 7.29. The number of hydrogen-bond acceptors (Lipinski definition) is 4. The van der Waals surface area contributed by atoms with Crippen LogP contribution in [0.15, 0.2) is 48.5 Å². The third-order valence-electron chi connectivity index (χ3n) is 3.38. The number of hydrogen-bond donors (Lipinski definition) is 1. The molecule has 1 N–H and O–H groups in total. The lowest BCUT2D eigenvalue weighted by Gasteiger charge is -2.22. The molecule has 1 amide bonds. The van der Waals surface area contributed by atoms with E-state index in [0.717, 1.165) is 16.1 Å². The van der Waals surface area contributed by atoms with Crippen LogP contribution in [0.4, 0.5) is 11.4 Å². The highest BCUT2D eigenvalue weighted by Gasteiger charge is 2.21. The molecule has 0 unspecified atom stereocenters. The maximum absolute atomic E-state index is 12.2. The molecule has 0 aromatic heterocycles. The number of rotatable bonds is 6. The highest BCUT2D eigenvalue weighted by atomic mass is 32.2. The van der Waals surface area contributed by atoms with Crippen LogP contribution in [0.25, 0.3) is 0 Å². The topological polar surface area (TPSA) is 75.7 Å². The number of nitrogens with zero attached hydrogens (tertiary/aromatic N) is 1. The SMILES string of the molecule is COc1ccc(N(CC(=O)Nc2ccc(C)cc2)S(C)(=O)=O)cc1. The van der Waals surface area contributed by atoms with Crippen LogP contribution in [0.1, 0.15) is 5.56 Å². The molecular formula is C17H20N2O4S. The van der Waals surface area contributed by atoms with Crippen molar-refractivity contribution in [2.75, 3.05) is 29.5 Å². The Balaban J connectivity index is 2.16. The molecular weight excluding hydrogens is 328 g/mol. The van der Waals surface area contributed by atoms with E-state index in [4.69, 9.17) is 4.74 Å². The maximum Gasteiger partial charge on any atom is 0.245 e. The highest BCUT2D eigenvalue weighted by molar-refractivity contribution is 7.92. The van der Waals surface area contributed by atoms with Crippen LogP contribution < -0.4 is 14.4 Å². The van der Waals surface area contributed by atoms with E-state index in [-0.39, 0.29) is 6.54 Å². The van der Waals surface area contributed by atoms with Gasteiger partial charge in [0.15, 0.2) is 0 Å². The number of aryl methyl sites for hydroxylation is 1. The summed E-state index contributed by atoms with van der Waals surface area (Å²) in [4.78, 5) is 12.2. The monoisotopic (exact) mass is 348 g/mol. The summed E-state index contributed by atoms with van der Waals surface area (Å²) in [5.74, 6) is 0.191. The zero-order chi connectivity index (χ0) is 17.7.